The molecule has 0 unspecified atom stereocenters. The fraction of sp³-hybridized carbons (Fsp3) is 0.450. The van der Waals surface area contributed by atoms with E-state index < -0.39 is 0 Å². The molecule has 2 rings (SSSR count). The van der Waals surface area contributed by atoms with E-state index in [0.29, 0.717) is 0 Å². The molecule has 142 valence electrons. The van der Waals surface area contributed by atoms with E-state index in [4.69, 9.17) is 9.47 Å². The van der Waals surface area contributed by atoms with Gasteiger partial charge in [0, 0.05) is 30.4 Å². The molecule has 1 aromatic carbocycles. The van der Waals surface area contributed by atoms with E-state index >= 15 is 0 Å². The number of aliphatic imine (C=N–C) groups is 1. The first kappa shape index (κ1) is 20.1. The highest BCUT2D eigenvalue weighted by Gasteiger charge is 2.21. The van der Waals surface area contributed by atoms with Crippen LogP contribution in [0.15, 0.2) is 40.7 Å². The minimum absolute atomic E-state index is 0.0646. The van der Waals surface area contributed by atoms with Crippen LogP contribution in [0.4, 0.5) is 0 Å². The molecule has 2 aromatic rings. The summed E-state index contributed by atoms with van der Waals surface area (Å²) in [5, 5.41) is 8.92. The molecule has 0 bridgehead atoms. The molecule has 0 spiro atoms. The molecule has 0 aliphatic rings. The first-order valence-corrected chi connectivity index (χ1v) is 9.57. The van der Waals surface area contributed by atoms with Crippen LogP contribution in [-0.4, -0.2) is 40.3 Å². The van der Waals surface area contributed by atoms with Crippen molar-refractivity contribution in [1.29, 1.82) is 0 Å². The monoisotopic (exact) mass is 375 g/mol. The second-order valence-corrected chi connectivity index (χ2v) is 7.60. The van der Waals surface area contributed by atoms with Crippen molar-refractivity contribution in [2.45, 2.75) is 25.7 Å². The van der Waals surface area contributed by atoms with Gasteiger partial charge in [-0.25, -0.2) is 0 Å². The summed E-state index contributed by atoms with van der Waals surface area (Å²) in [5.41, 5.74) is 1.25. The van der Waals surface area contributed by atoms with Crippen molar-refractivity contribution in [3.63, 3.8) is 0 Å². The number of nitrogens with zero attached hydrogens (tertiary/aromatic N) is 1. The summed E-state index contributed by atoms with van der Waals surface area (Å²) in [5.74, 6) is 2.32. The van der Waals surface area contributed by atoms with E-state index in [1.165, 1.54) is 10.4 Å². The number of methoxy groups -OCH3 is 2. The summed E-state index contributed by atoms with van der Waals surface area (Å²) in [6.45, 7) is 6.09. The number of rotatable bonds is 8. The summed E-state index contributed by atoms with van der Waals surface area (Å²) >= 11 is 1.79. The summed E-state index contributed by atoms with van der Waals surface area (Å²) in [4.78, 5) is 5.68. The molecule has 1 heterocycles. The van der Waals surface area contributed by atoms with Gasteiger partial charge in [-0.05, 0) is 35.6 Å². The highest BCUT2D eigenvalue weighted by Crippen LogP contribution is 2.28. The Labute approximate surface area is 160 Å². The Morgan fingerprint density at radius 1 is 1.12 bits per heavy atom. The molecule has 0 radical (unpaired) electrons. The molecule has 0 aliphatic carbocycles. The minimum atomic E-state index is 0.0646. The van der Waals surface area contributed by atoms with Crippen molar-refractivity contribution < 1.29 is 9.47 Å². The largest absolute Gasteiger partial charge is 0.493 e. The fourth-order valence-corrected chi connectivity index (χ4v) is 3.49. The molecule has 6 heteroatoms. The van der Waals surface area contributed by atoms with Gasteiger partial charge in [-0.15, -0.1) is 11.3 Å². The van der Waals surface area contributed by atoms with Crippen LogP contribution >= 0.6 is 11.3 Å². The van der Waals surface area contributed by atoms with Crippen molar-refractivity contribution in [3.05, 3.63) is 46.2 Å². The van der Waals surface area contributed by atoms with Crippen molar-refractivity contribution in [1.82, 2.24) is 10.6 Å². The van der Waals surface area contributed by atoms with Crippen LogP contribution < -0.4 is 20.1 Å². The molecular weight excluding hydrogens is 346 g/mol. The topological polar surface area (TPSA) is 54.9 Å². The maximum Gasteiger partial charge on any atom is 0.191 e. The molecule has 0 atom stereocenters. The number of benzene rings is 1. The van der Waals surface area contributed by atoms with E-state index in [-0.39, 0.29) is 5.41 Å². The summed E-state index contributed by atoms with van der Waals surface area (Å²) in [6.07, 6.45) is 0.870. The lowest BCUT2D eigenvalue weighted by molar-refractivity contribution is 0.354. The second-order valence-electron chi connectivity index (χ2n) is 6.65. The van der Waals surface area contributed by atoms with Crippen molar-refractivity contribution in [2.24, 2.45) is 4.99 Å². The Bertz CT molecular complexity index is 712. The second kappa shape index (κ2) is 9.48. The van der Waals surface area contributed by atoms with Gasteiger partial charge in [-0.3, -0.25) is 4.99 Å². The highest BCUT2D eigenvalue weighted by molar-refractivity contribution is 7.10. The average molecular weight is 376 g/mol. The van der Waals surface area contributed by atoms with Gasteiger partial charge in [0.2, 0.25) is 0 Å². The van der Waals surface area contributed by atoms with Gasteiger partial charge in [-0.1, -0.05) is 26.0 Å². The zero-order valence-electron chi connectivity index (χ0n) is 16.3. The molecule has 5 nitrogen and oxygen atoms in total. The zero-order valence-corrected chi connectivity index (χ0v) is 17.1. The molecule has 1 aromatic heterocycles. The SMILES string of the molecule is CN=C(NCCc1ccc(OC)c(OC)c1)NCC(C)(C)c1cccs1. The predicted octanol–water partition coefficient (Wildman–Crippen LogP) is 3.45. The van der Waals surface area contributed by atoms with Crippen molar-refractivity contribution in [2.75, 3.05) is 34.4 Å². The lowest BCUT2D eigenvalue weighted by Crippen LogP contribution is -2.43. The lowest BCUT2D eigenvalue weighted by Gasteiger charge is -2.25. The third-order valence-corrected chi connectivity index (χ3v) is 5.50. The van der Waals surface area contributed by atoms with Gasteiger partial charge in [0.25, 0.3) is 0 Å². The standard InChI is InChI=1S/C20H29N3O2S/c1-20(2,18-7-6-12-26-18)14-23-19(21-3)22-11-10-15-8-9-16(24-4)17(13-15)25-5/h6-9,12-13H,10-11,14H2,1-5H3,(H2,21,22,23). The van der Waals surface area contributed by atoms with Gasteiger partial charge < -0.3 is 20.1 Å². The highest BCUT2D eigenvalue weighted by atomic mass is 32.1. The van der Waals surface area contributed by atoms with Crippen molar-refractivity contribution in [3.8, 4) is 11.5 Å². The van der Waals surface area contributed by atoms with E-state index in [1.807, 2.05) is 12.1 Å². The minimum Gasteiger partial charge on any atom is -0.493 e. The van der Waals surface area contributed by atoms with E-state index in [9.17, 15) is 0 Å². The van der Waals surface area contributed by atoms with E-state index in [2.05, 4.69) is 53.1 Å². The van der Waals surface area contributed by atoms with Gasteiger partial charge in [0.05, 0.1) is 14.2 Å². The lowest BCUT2D eigenvalue weighted by atomic mass is 9.91. The Balaban J connectivity index is 1.84. The molecule has 0 fully saturated rings. The molecule has 0 aliphatic heterocycles. The van der Waals surface area contributed by atoms with Crippen LogP contribution in [0.5, 0.6) is 11.5 Å². The first-order chi connectivity index (χ1) is 12.5. The van der Waals surface area contributed by atoms with Crippen LogP contribution in [0.3, 0.4) is 0 Å². The molecule has 26 heavy (non-hydrogen) atoms. The number of thiophene rings is 1. The third-order valence-electron chi connectivity index (χ3n) is 4.26. The van der Waals surface area contributed by atoms with Crippen LogP contribution in [0.1, 0.15) is 24.3 Å². The fourth-order valence-electron chi connectivity index (χ4n) is 2.64. The van der Waals surface area contributed by atoms with Crippen LogP contribution in [0, 0.1) is 0 Å². The Morgan fingerprint density at radius 3 is 2.50 bits per heavy atom. The summed E-state index contributed by atoms with van der Waals surface area (Å²) < 4.78 is 10.6. The maximum absolute atomic E-state index is 5.36. The first-order valence-electron chi connectivity index (χ1n) is 8.69. The molecule has 0 saturated carbocycles. The molecule has 2 N–H and O–H groups in total. The van der Waals surface area contributed by atoms with E-state index in [1.54, 1.807) is 32.6 Å². The Morgan fingerprint density at radius 2 is 1.88 bits per heavy atom. The van der Waals surface area contributed by atoms with Gasteiger partial charge in [0.1, 0.15) is 0 Å². The predicted molar refractivity (Wildman–Crippen MR) is 110 cm³/mol. The number of ether oxygens (including phenoxy) is 2. The van der Waals surface area contributed by atoms with Gasteiger partial charge in [0.15, 0.2) is 17.5 Å². The summed E-state index contributed by atoms with van der Waals surface area (Å²) in [6, 6.07) is 10.3. The molecular formula is C20H29N3O2S. The van der Waals surface area contributed by atoms with Crippen LogP contribution in [-0.2, 0) is 11.8 Å². The van der Waals surface area contributed by atoms with Gasteiger partial charge in [-0.2, -0.15) is 0 Å². The maximum atomic E-state index is 5.36. The van der Waals surface area contributed by atoms with Crippen molar-refractivity contribution >= 4 is 17.3 Å². The Kier molecular flexibility index (Phi) is 7.33. The number of guanidine groups is 1. The number of hydrogen-bond acceptors (Lipinski definition) is 4. The molecule has 0 saturated heterocycles. The Hall–Kier alpha value is -2.21. The van der Waals surface area contributed by atoms with Crippen LogP contribution in [0.2, 0.25) is 0 Å². The smallest absolute Gasteiger partial charge is 0.191 e. The average Bonchev–Trinajstić information content (AvgIpc) is 3.20. The summed E-state index contributed by atoms with van der Waals surface area (Å²) in [7, 11) is 5.09. The quantitative estimate of drug-likeness (QED) is 0.548. The number of nitrogens with one attached hydrogen (secondary N) is 2. The number of hydrogen-bond donors (Lipinski definition) is 2. The zero-order chi connectivity index (χ0) is 19.0. The van der Waals surface area contributed by atoms with Crippen LogP contribution in [0.25, 0.3) is 0 Å². The van der Waals surface area contributed by atoms with E-state index in [0.717, 1.165) is 37.0 Å². The normalized spacial score (nSPS) is 12.0. The third kappa shape index (κ3) is 5.39. The molecule has 0 amide bonds. The van der Waals surface area contributed by atoms with Gasteiger partial charge >= 0.3 is 0 Å².